The number of pyridine rings is 2. The lowest BCUT2D eigenvalue weighted by molar-refractivity contribution is -0.259. The first-order valence-corrected chi connectivity index (χ1v) is 7.86. The second-order valence-electron chi connectivity index (χ2n) is 6.11. The van der Waals surface area contributed by atoms with Crippen molar-refractivity contribution in [2.45, 2.75) is 18.7 Å². The highest BCUT2D eigenvalue weighted by Gasteiger charge is 2.51. The van der Waals surface area contributed by atoms with Gasteiger partial charge in [-0.3, -0.25) is 0 Å². The predicted octanol–water partition coefficient (Wildman–Crippen LogP) is 2.98. The topological polar surface area (TPSA) is 92.5 Å². The molecule has 27 heavy (non-hydrogen) atoms. The van der Waals surface area contributed by atoms with Crippen molar-refractivity contribution in [2.75, 3.05) is 0 Å². The van der Waals surface area contributed by atoms with Crippen molar-refractivity contribution in [3.8, 4) is 16.9 Å². The summed E-state index contributed by atoms with van der Waals surface area (Å²) in [5, 5.41) is 13.9. The fourth-order valence-electron chi connectivity index (χ4n) is 2.64. The molecule has 4 rings (SSSR count). The summed E-state index contributed by atoms with van der Waals surface area (Å²) in [4.78, 5) is 15.3. The number of halogens is 3. The van der Waals surface area contributed by atoms with Gasteiger partial charge in [-0.1, -0.05) is 6.07 Å². The quantitative estimate of drug-likeness (QED) is 0.575. The zero-order valence-electron chi connectivity index (χ0n) is 13.9. The molecule has 4 heterocycles. The number of aliphatic hydroxyl groups is 1. The molecule has 0 amide bonds. The zero-order valence-corrected chi connectivity index (χ0v) is 13.9. The minimum atomic E-state index is -4.80. The summed E-state index contributed by atoms with van der Waals surface area (Å²) in [7, 11) is 0. The Bertz CT molecular complexity index is 1100. The average molecular weight is 374 g/mol. The van der Waals surface area contributed by atoms with Crippen LogP contribution in [0.4, 0.5) is 13.2 Å². The number of alkyl halides is 3. The number of nitrogens with one attached hydrogen (secondary N) is 1. The molecule has 0 bridgehead atoms. The number of aromatic amines is 1. The Morgan fingerprint density at radius 1 is 1.07 bits per heavy atom. The van der Waals surface area contributed by atoms with Crippen LogP contribution in [0.1, 0.15) is 12.5 Å². The predicted molar refractivity (Wildman–Crippen MR) is 89.9 cm³/mol. The van der Waals surface area contributed by atoms with E-state index in [9.17, 15) is 18.3 Å². The third-order valence-electron chi connectivity index (χ3n) is 4.31. The van der Waals surface area contributed by atoms with E-state index in [2.05, 4.69) is 25.0 Å². The van der Waals surface area contributed by atoms with Crippen molar-refractivity contribution < 1.29 is 18.3 Å². The number of rotatable bonds is 3. The summed E-state index contributed by atoms with van der Waals surface area (Å²) < 4.78 is 40.2. The Labute approximate surface area is 150 Å². The van der Waals surface area contributed by atoms with Crippen LogP contribution in [-0.2, 0) is 5.60 Å². The summed E-state index contributed by atoms with van der Waals surface area (Å²) in [6.07, 6.45) is 2.66. The Hall–Kier alpha value is -3.27. The number of aromatic nitrogens is 6. The molecule has 0 spiro atoms. The maximum atomic E-state index is 12.9. The molecule has 0 aliphatic heterocycles. The summed E-state index contributed by atoms with van der Waals surface area (Å²) in [5.74, 6) is 0.315. The first-order chi connectivity index (χ1) is 12.8. The lowest BCUT2D eigenvalue weighted by atomic mass is 9.97. The molecule has 0 saturated heterocycles. The molecular formula is C17H13F3N6O. The monoisotopic (exact) mass is 374 g/mol. The van der Waals surface area contributed by atoms with Crippen LogP contribution in [0.15, 0.2) is 49.3 Å². The highest BCUT2D eigenvalue weighted by atomic mass is 19.4. The van der Waals surface area contributed by atoms with Crippen LogP contribution in [0.3, 0.4) is 0 Å². The maximum absolute atomic E-state index is 12.9. The second kappa shape index (κ2) is 5.88. The van der Waals surface area contributed by atoms with Gasteiger partial charge in [-0.2, -0.15) is 18.3 Å². The molecule has 2 N–H and O–H groups in total. The molecule has 0 aliphatic carbocycles. The minimum absolute atomic E-state index is 0.315. The molecule has 0 saturated carbocycles. The fourth-order valence-corrected chi connectivity index (χ4v) is 2.64. The van der Waals surface area contributed by atoms with Crippen LogP contribution in [0.2, 0.25) is 0 Å². The molecule has 7 nitrogen and oxygen atoms in total. The van der Waals surface area contributed by atoms with Crippen molar-refractivity contribution in [2.24, 2.45) is 0 Å². The fraction of sp³-hybridized carbons (Fsp3) is 0.176. The molecular weight excluding hydrogens is 361 g/mol. The molecule has 1 unspecified atom stereocenters. The van der Waals surface area contributed by atoms with Gasteiger partial charge in [-0.15, -0.1) is 0 Å². The number of imidazole rings is 1. The van der Waals surface area contributed by atoms with Gasteiger partial charge in [0, 0.05) is 35.3 Å². The molecule has 1 atom stereocenters. The maximum Gasteiger partial charge on any atom is 0.421 e. The van der Waals surface area contributed by atoms with E-state index >= 15 is 0 Å². The standard InChI is InChI=1S/C17H13F3N6O/c1-16(27,17(18,19)20)11-2-3-13(22-7-11)26-8-10(6-25-26)12-4-5-21-15-14(12)23-9-24-15/h2-9,27H,1H3,(H,21,23,24). The van der Waals surface area contributed by atoms with Gasteiger partial charge in [0.2, 0.25) is 0 Å². The smallest absolute Gasteiger partial charge is 0.376 e. The van der Waals surface area contributed by atoms with E-state index in [4.69, 9.17) is 0 Å². The minimum Gasteiger partial charge on any atom is -0.376 e. The van der Waals surface area contributed by atoms with Crippen LogP contribution in [0.25, 0.3) is 28.1 Å². The molecule has 0 radical (unpaired) electrons. The summed E-state index contributed by atoms with van der Waals surface area (Å²) in [6, 6.07) is 4.33. The van der Waals surface area contributed by atoms with Gasteiger partial charge in [0.15, 0.2) is 17.1 Å². The van der Waals surface area contributed by atoms with E-state index in [1.165, 1.54) is 16.8 Å². The third-order valence-corrected chi connectivity index (χ3v) is 4.31. The number of hydrogen-bond donors (Lipinski definition) is 2. The largest absolute Gasteiger partial charge is 0.421 e. The highest BCUT2D eigenvalue weighted by Crippen LogP contribution is 2.38. The van der Waals surface area contributed by atoms with Crippen LogP contribution in [0.5, 0.6) is 0 Å². The highest BCUT2D eigenvalue weighted by molar-refractivity contribution is 5.88. The SMILES string of the molecule is CC(O)(c1ccc(-n2cc(-c3ccnc4[nH]cnc34)cn2)nc1)C(F)(F)F. The Morgan fingerprint density at radius 2 is 1.89 bits per heavy atom. The Morgan fingerprint density at radius 3 is 2.59 bits per heavy atom. The van der Waals surface area contributed by atoms with Crippen molar-refractivity contribution in [1.29, 1.82) is 0 Å². The third kappa shape index (κ3) is 2.83. The van der Waals surface area contributed by atoms with Crippen LogP contribution >= 0.6 is 0 Å². The van der Waals surface area contributed by atoms with E-state index in [0.717, 1.165) is 17.3 Å². The van der Waals surface area contributed by atoms with E-state index in [1.807, 2.05) is 0 Å². The first kappa shape index (κ1) is 17.2. The average Bonchev–Trinajstić information content (AvgIpc) is 3.30. The van der Waals surface area contributed by atoms with Gasteiger partial charge >= 0.3 is 6.18 Å². The van der Waals surface area contributed by atoms with Crippen molar-refractivity contribution >= 4 is 11.2 Å². The molecule has 0 aromatic carbocycles. The molecule has 4 aromatic rings. The van der Waals surface area contributed by atoms with Gasteiger partial charge in [0.1, 0.15) is 5.52 Å². The first-order valence-electron chi connectivity index (χ1n) is 7.86. The normalized spacial score (nSPS) is 14.4. The number of hydrogen-bond acceptors (Lipinski definition) is 5. The molecule has 138 valence electrons. The van der Waals surface area contributed by atoms with Gasteiger partial charge < -0.3 is 10.1 Å². The summed E-state index contributed by atoms with van der Waals surface area (Å²) in [5.41, 5.74) is -0.444. The molecule has 10 heteroatoms. The number of fused-ring (bicyclic) bond motifs is 1. The van der Waals surface area contributed by atoms with E-state index in [-0.39, 0.29) is 5.56 Å². The van der Waals surface area contributed by atoms with Crippen molar-refractivity contribution in [3.05, 3.63) is 54.9 Å². The molecule has 4 aromatic heterocycles. The van der Waals surface area contributed by atoms with Crippen LogP contribution in [-0.4, -0.2) is 41.0 Å². The van der Waals surface area contributed by atoms with Gasteiger partial charge in [0.05, 0.1) is 12.5 Å². The summed E-state index contributed by atoms with van der Waals surface area (Å²) >= 11 is 0. The lowest BCUT2D eigenvalue weighted by Gasteiger charge is -2.26. The number of nitrogens with zero attached hydrogens (tertiary/aromatic N) is 5. The van der Waals surface area contributed by atoms with Gasteiger partial charge in [0.25, 0.3) is 0 Å². The summed E-state index contributed by atoms with van der Waals surface area (Å²) in [6.45, 7) is 0.689. The zero-order chi connectivity index (χ0) is 19.2. The Kier molecular flexibility index (Phi) is 3.74. The van der Waals surface area contributed by atoms with Gasteiger partial charge in [-0.05, 0) is 19.1 Å². The van der Waals surface area contributed by atoms with E-state index in [0.29, 0.717) is 23.9 Å². The Balaban J connectivity index is 1.67. The molecule has 0 aliphatic rings. The van der Waals surface area contributed by atoms with E-state index < -0.39 is 11.8 Å². The van der Waals surface area contributed by atoms with Crippen LogP contribution in [0, 0.1) is 0 Å². The second-order valence-corrected chi connectivity index (χ2v) is 6.11. The van der Waals surface area contributed by atoms with Crippen molar-refractivity contribution in [1.82, 2.24) is 29.7 Å². The molecule has 0 fully saturated rings. The van der Waals surface area contributed by atoms with Crippen LogP contribution < -0.4 is 0 Å². The lowest BCUT2D eigenvalue weighted by Crippen LogP contribution is -2.39. The number of H-pyrrole nitrogens is 1. The van der Waals surface area contributed by atoms with E-state index in [1.54, 1.807) is 31.0 Å². The van der Waals surface area contributed by atoms with Crippen molar-refractivity contribution in [3.63, 3.8) is 0 Å². The van der Waals surface area contributed by atoms with Gasteiger partial charge in [-0.25, -0.2) is 19.6 Å².